The van der Waals surface area contributed by atoms with Crippen molar-refractivity contribution in [1.29, 1.82) is 5.26 Å². The number of thioether (sulfide) groups is 1. The maximum absolute atomic E-state index is 9.68. The molecule has 26 heavy (non-hydrogen) atoms. The van der Waals surface area contributed by atoms with Gasteiger partial charge in [-0.2, -0.15) is 5.26 Å². The fourth-order valence-electron chi connectivity index (χ4n) is 2.29. The van der Waals surface area contributed by atoms with Gasteiger partial charge in [-0.25, -0.2) is 0 Å². The number of aliphatic hydroxyl groups excluding tert-OH is 1. The lowest BCUT2D eigenvalue weighted by Crippen LogP contribution is -2.27. The third-order valence-electron chi connectivity index (χ3n) is 3.88. The fraction of sp³-hybridized carbons (Fsp3) is 0.412. The van der Waals surface area contributed by atoms with Crippen molar-refractivity contribution in [3.63, 3.8) is 0 Å². The molecule has 0 saturated heterocycles. The van der Waals surface area contributed by atoms with Crippen LogP contribution in [0.25, 0.3) is 0 Å². The molecule has 0 spiro atoms. The van der Waals surface area contributed by atoms with Gasteiger partial charge >= 0.3 is 0 Å². The Morgan fingerprint density at radius 2 is 2.19 bits per heavy atom. The van der Waals surface area contributed by atoms with Gasteiger partial charge < -0.3 is 20.5 Å². The van der Waals surface area contributed by atoms with Gasteiger partial charge in [0, 0.05) is 12.0 Å². The van der Waals surface area contributed by atoms with Crippen LogP contribution >= 0.6 is 32.8 Å². The summed E-state index contributed by atoms with van der Waals surface area (Å²) in [6.07, 6.45) is 5.08. The minimum absolute atomic E-state index is 0.250. The number of allylic oxidation sites excluding steroid dienone is 1. The van der Waals surface area contributed by atoms with E-state index in [9.17, 15) is 5.11 Å². The lowest BCUT2D eigenvalue weighted by molar-refractivity contribution is 0.331. The molecule has 9 heteroatoms. The second kappa shape index (κ2) is 12.2. The molecule has 0 bridgehead atoms. The number of ether oxygens (including phenoxy) is 1. The topological polar surface area (TPSA) is 112 Å². The maximum atomic E-state index is 9.68. The molecule has 0 aromatic heterocycles. The van der Waals surface area contributed by atoms with Crippen LogP contribution in [0.3, 0.4) is 0 Å². The second-order valence-corrected chi connectivity index (χ2v) is 6.69. The average Bonchev–Trinajstić information content (AvgIpc) is 2.61. The fourth-order valence-corrected chi connectivity index (χ4v) is 2.79. The predicted octanol–water partition coefficient (Wildman–Crippen LogP) is 3.08. The summed E-state index contributed by atoms with van der Waals surface area (Å²) in [6.45, 7) is -0.257. The first kappa shape index (κ1) is 22.8. The van der Waals surface area contributed by atoms with Crippen molar-refractivity contribution < 1.29 is 14.7 Å². The number of hydrogen-bond donors (Lipinski definition) is 3. The van der Waals surface area contributed by atoms with Crippen molar-refractivity contribution in [2.45, 2.75) is 19.3 Å². The zero-order valence-electron chi connectivity index (χ0n) is 14.5. The molecule has 1 fully saturated rings. The van der Waals surface area contributed by atoms with Gasteiger partial charge in [0.1, 0.15) is 17.5 Å². The molecule has 0 amide bonds. The molecule has 4 N–H and O–H groups in total. The number of rotatable bonds is 7. The molecule has 0 aliphatic heterocycles. The minimum Gasteiger partial charge on any atom is -0.453 e. The Hall–Kier alpha value is -1.29. The Morgan fingerprint density at radius 3 is 2.65 bits per heavy atom. The summed E-state index contributed by atoms with van der Waals surface area (Å²) in [7, 11) is 1.42. The van der Waals surface area contributed by atoms with E-state index in [0.717, 1.165) is 19.3 Å². The molecule has 1 aliphatic rings. The van der Waals surface area contributed by atoms with E-state index in [1.54, 1.807) is 30.0 Å². The summed E-state index contributed by atoms with van der Waals surface area (Å²) >= 11 is 7.60. The minimum atomic E-state index is -0.257. The van der Waals surface area contributed by atoms with E-state index in [2.05, 4.69) is 4.99 Å². The normalized spacial score (nSPS) is 15.2. The zero-order chi connectivity index (χ0) is 19.5. The molecule has 1 unspecified atom stereocenters. The van der Waals surface area contributed by atoms with Gasteiger partial charge in [-0.05, 0) is 40.7 Å². The molecular weight excluding hydrogens is 393 g/mol. The first-order valence-electron chi connectivity index (χ1n) is 7.87. The van der Waals surface area contributed by atoms with Crippen LogP contribution in [-0.4, -0.2) is 34.5 Å². The van der Waals surface area contributed by atoms with Crippen LogP contribution in [0.5, 0.6) is 5.75 Å². The molecule has 1 aliphatic carbocycles. The summed E-state index contributed by atoms with van der Waals surface area (Å²) < 4.78 is 5.92. The Balaban J connectivity index is 0.00000163. The third kappa shape index (κ3) is 6.15. The number of nitrogens with zero attached hydrogens (tertiary/aromatic N) is 2. The Morgan fingerprint density at radius 1 is 1.50 bits per heavy atom. The van der Waals surface area contributed by atoms with Gasteiger partial charge in [-0.15, -0.1) is 11.8 Å². The number of nitriles is 1. The zero-order valence-corrected chi connectivity index (χ0v) is 17.2. The highest BCUT2D eigenvalue weighted by atomic mass is 35.5. The molecule has 0 radical (unpaired) electrons. The van der Waals surface area contributed by atoms with Crippen molar-refractivity contribution in [1.82, 2.24) is 0 Å². The van der Waals surface area contributed by atoms with Crippen LogP contribution in [0, 0.1) is 17.2 Å². The number of aliphatic imine (C=N–C) groups is 1. The van der Waals surface area contributed by atoms with Gasteiger partial charge in [0.05, 0.1) is 28.8 Å². The maximum Gasteiger partial charge on any atom is 0.169 e. The van der Waals surface area contributed by atoms with Crippen molar-refractivity contribution >= 4 is 38.5 Å². The second-order valence-electron chi connectivity index (χ2n) is 5.45. The molecule has 1 aromatic carbocycles. The first-order valence-corrected chi connectivity index (χ1v) is 10.2. The quantitative estimate of drug-likeness (QED) is 0.358. The van der Waals surface area contributed by atoms with E-state index in [-0.39, 0.29) is 12.5 Å². The van der Waals surface area contributed by atoms with Gasteiger partial charge in [0.2, 0.25) is 0 Å². The van der Waals surface area contributed by atoms with Crippen LogP contribution in [0.2, 0.25) is 5.02 Å². The number of benzene rings is 1. The summed E-state index contributed by atoms with van der Waals surface area (Å²) in [6, 6.07) is 6.82. The summed E-state index contributed by atoms with van der Waals surface area (Å²) in [4.78, 5) is 11.3. The van der Waals surface area contributed by atoms with Gasteiger partial charge in [-0.1, -0.05) is 18.0 Å². The summed E-state index contributed by atoms with van der Waals surface area (Å²) in [5, 5.41) is 18.9. The van der Waals surface area contributed by atoms with Crippen LogP contribution in [-0.2, 0) is 0 Å². The van der Waals surface area contributed by atoms with E-state index in [1.165, 1.54) is 9.47 Å². The Bertz CT molecular complexity index is 703. The highest BCUT2D eigenvalue weighted by Crippen LogP contribution is 2.33. The van der Waals surface area contributed by atoms with Crippen molar-refractivity contribution in [2.24, 2.45) is 16.6 Å². The standard InChI is InChI=1S/C17H20ClN3O2S.H3OP/c1-24-10-21-15(9-22)17(16(20)11-3-2-4-11)23-13-6-5-12(8-19)14(18)7-13;1-2/h5-7,11,22H,2-4,9-10,20H2,1H3;1H,2H2/b17-16+,21-15+;. The van der Waals surface area contributed by atoms with Crippen LogP contribution < -0.4 is 10.5 Å². The van der Waals surface area contributed by atoms with Crippen molar-refractivity contribution in [3.8, 4) is 11.8 Å². The van der Waals surface area contributed by atoms with Crippen LogP contribution in [0.15, 0.2) is 34.6 Å². The number of aliphatic hydroxyl groups is 1. The van der Waals surface area contributed by atoms with Crippen LogP contribution in [0.4, 0.5) is 0 Å². The SMILES string of the molecule is CSC/N=C(CO)/C(Oc1ccc(C#N)c(Cl)c1)=C(\N)C1CCC1.OP. The predicted molar refractivity (Wildman–Crippen MR) is 110 cm³/mol. The number of halogens is 1. The molecule has 1 aromatic rings. The van der Waals surface area contributed by atoms with Crippen molar-refractivity contribution in [2.75, 3.05) is 18.7 Å². The van der Waals surface area contributed by atoms with E-state index >= 15 is 0 Å². The summed E-state index contributed by atoms with van der Waals surface area (Å²) in [5.74, 6) is 1.62. The van der Waals surface area contributed by atoms with E-state index in [1.807, 2.05) is 12.3 Å². The largest absolute Gasteiger partial charge is 0.453 e. The number of hydrogen-bond acceptors (Lipinski definition) is 7. The van der Waals surface area contributed by atoms with Crippen LogP contribution in [0.1, 0.15) is 24.8 Å². The monoisotopic (exact) mass is 415 g/mol. The lowest BCUT2D eigenvalue weighted by Gasteiger charge is -2.28. The Kier molecular flexibility index (Phi) is 10.6. The van der Waals surface area contributed by atoms with Gasteiger partial charge in [0.25, 0.3) is 0 Å². The molecule has 0 heterocycles. The molecule has 1 atom stereocenters. The molecular formula is C17H23ClN3O3PS. The lowest BCUT2D eigenvalue weighted by atomic mass is 9.82. The first-order chi connectivity index (χ1) is 12.6. The third-order valence-corrected chi connectivity index (χ3v) is 4.58. The highest BCUT2D eigenvalue weighted by molar-refractivity contribution is 7.98. The Labute approximate surface area is 165 Å². The summed E-state index contributed by atoms with van der Waals surface area (Å²) in [5.41, 5.74) is 7.69. The number of nitrogens with two attached hydrogens (primary N) is 1. The van der Waals surface area contributed by atoms with E-state index < -0.39 is 0 Å². The highest BCUT2D eigenvalue weighted by Gasteiger charge is 2.26. The molecule has 1 saturated carbocycles. The molecule has 2 rings (SSSR count). The smallest absolute Gasteiger partial charge is 0.169 e. The molecule has 6 nitrogen and oxygen atoms in total. The van der Waals surface area contributed by atoms with E-state index in [0.29, 0.717) is 39.4 Å². The average molecular weight is 416 g/mol. The van der Waals surface area contributed by atoms with Gasteiger partial charge in [0.15, 0.2) is 5.76 Å². The van der Waals surface area contributed by atoms with Crippen molar-refractivity contribution in [3.05, 3.63) is 40.2 Å². The molecule has 142 valence electrons. The van der Waals surface area contributed by atoms with E-state index in [4.69, 9.17) is 32.2 Å². The van der Waals surface area contributed by atoms with Gasteiger partial charge in [-0.3, -0.25) is 4.99 Å².